The molecule has 2 aromatic heterocycles. The lowest BCUT2D eigenvalue weighted by Gasteiger charge is -2.16. The van der Waals surface area contributed by atoms with Crippen molar-refractivity contribution in [3.63, 3.8) is 0 Å². The lowest BCUT2D eigenvalue weighted by atomic mass is 10.1. The van der Waals surface area contributed by atoms with Crippen LogP contribution in [0.4, 0.5) is 0 Å². The van der Waals surface area contributed by atoms with Crippen LogP contribution in [-0.2, 0) is 6.54 Å². The van der Waals surface area contributed by atoms with Gasteiger partial charge in [-0.05, 0) is 58.6 Å². The summed E-state index contributed by atoms with van der Waals surface area (Å²) in [6.45, 7) is 6.39. The smallest absolute Gasteiger partial charge is 0.0485 e. The molecule has 0 aliphatic rings. The van der Waals surface area contributed by atoms with Crippen molar-refractivity contribution >= 4 is 15.9 Å². The maximum Gasteiger partial charge on any atom is 0.0485 e. The van der Waals surface area contributed by atoms with E-state index in [2.05, 4.69) is 69.2 Å². The largest absolute Gasteiger partial charge is 0.350 e. The fourth-order valence-corrected chi connectivity index (χ4v) is 2.92. The van der Waals surface area contributed by atoms with Crippen LogP contribution in [0.25, 0.3) is 0 Å². The molecule has 1 unspecified atom stereocenters. The van der Waals surface area contributed by atoms with Gasteiger partial charge < -0.3 is 9.88 Å². The van der Waals surface area contributed by atoms with E-state index in [4.69, 9.17) is 0 Å². The van der Waals surface area contributed by atoms with Crippen molar-refractivity contribution in [3.05, 3.63) is 52.5 Å². The van der Waals surface area contributed by atoms with E-state index in [1.165, 1.54) is 30.4 Å². The zero-order chi connectivity index (χ0) is 15.1. The fraction of sp³-hybridized carbons (Fsp3) is 0.471. The van der Waals surface area contributed by atoms with Gasteiger partial charge in [0.05, 0.1) is 0 Å². The van der Waals surface area contributed by atoms with Crippen LogP contribution in [0.1, 0.15) is 50.3 Å². The molecule has 0 saturated heterocycles. The first-order valence-electron chi connectivity index (χ1n) is 7.71. The molecule has 0 spiro atoms. The quantitative estimate of drug-likeness (QED) is 0.758. The molecule has 0 fully saturated rings. The van der Waals surface area contributed by atoms with Gasteiger partial charge in [0.2, 0.25) is 0 Å². The molecule has 2 aromatic rings. The lowest BCUT2D eigenvalue weighted by Crippen LogP contribution is -2.21. The molecule has 0 aliphatic carbocycles. The average Bonchev–Trinajstić information content (AvgIpc) is 2.92. The van der Waals surface area contributed by atoms with Crippen molar-refractivity contribution < 1.29 is 0 Å². The van der Waals surface area contributed by atoms with Crippen LogP contribution in [0.3, 0.4) is 0 Å². The molecular formula is C17H24BrN3. The minimum absolute atomic E-state index is 0.469. The number of aromatic nitrogens is 2. The molecule has 0 saturated carbocycles. The highest BCUT2D eigenvalue weighted by Gasteiger charge is 2.11. The highest BCUT2D eigenvalue weighted by atomic mass is 79.9. The molecule has 0 aliphatic heterocycles. The molecule has 114 valence electrons. The van der Waals surface area contributed by atoms with Gasteiger partial charge in [-0.2, -0.15) is 0 Å². The Kier molecular flexibility index (Phi) is 6.46. The van der Waals surface area contributed by atoms with Gasteiger partial charge >= 0.3 is 0 Å². The summed E-state index contributed by atoms with van der Waals surface area (Å²) in [5.41, 5.74) is 2.59. The highest BCUT2D eigenvalue weighted by molar-refractivity contribution is 9.10. The average molecular weight is 350 g/mol. The molecule has 4 heteroatoms. The van der Waals surface area contributed by atoms with Crippen LogP contribution in [0.15, 0.2) is 41.4 Å². The van der Waals surface area contributed by atoms with E-state index in [9.17, 15) is 0 Å². The standard InChI is InChI=1S/C17H24BrN3/c1-3-5-17(20-7-4-2)15-6-8-21(13-15)12-14-9-16(18)11-19-10-14/h6,8-11,13,17,20H,3-5,7,12H2,1-2H3. The third-order valence-electron chi connectivity index (χ3n) is 3.52. The summed E-state index contributed by atoms with van der Waals surface area (Å²) in [6, 6.07) is 4.82. The van der Waals surface area contributed by atoms with E-state index in [0.29, 0.717) is 6.04 Å². The molecule has 0 bridgehead atoms. The highest BCUT2D eigenvalue weighted by Crippen LogP contribution is 2.20. The Bertz CT molecular complexity index is 550. The molecule has 1 N–H and O–H groups in total. The maximum absolute atomic E-state index is 4.22. The Morgan fingerprint density at radius 3 is 2.86 bits per heavy atom. The SMILES string of the molecule is CCCNC(CCC)c1ccn(Cc2cncc(Br)c2)c1. The van der Waals surface area contributed by atoms with Crippen LogP contribution in [0.2, 0.25) is 0 Å². The monoisotopic (exact) mass is 349 g/mol. The Balaban J connectivity index is 2.05. The number of rotatable bonds is 8. The number of nitrogens with zero attached hydrogens (tertiary/aromatic N) is 2. The van der Waals surface area contributed by atoms with E-state index in [0.717, 1.165) is 17.6 Å². The van der Waals surface area contributed by atoms with Gasteiger partial charge in [-0.1, -0.05) is 20.3 Å². The molecule has 2 heterocycles. The predicted octanol–water partition coefficient (Wildman–Crippen LogP) is 4.53. The molecule has 0 aromatic carbocycles. The van der Waals surface area contributed by atoms with Gasteiger partial charge in [0.15, 0.2) is 0 Å². The van der Waals surface area contributed by atoms with Crippen LogP contribution < -0.4 is 5.32 Å². The summed E-state index contributed by atoms with van der Waals surface area (Å²) in [5.74, 6) is 0. The Morgan fingerprint density at radius 2 is 2.14 bits per heavy atom. The zero-order valence-electron chi connectivity index (χ0n) is 12.8. The minimum Gasteiger partial charge on any atom is -0.350 e. The summed E-state index contributed by atoms with van der Waals surface area (Å²) in [6.07, 6.45) is 11.7. The van der Waals surface area contributed by atoms with Crippen molar-refractivity contribution in [1.82, 2.24) is 14.9 Å². The number of nitrogens with one attached hydrogen (secondary N) is 1. The van der Waals surface area contributed by atoms with E-state index in [1.807, 2.05) is 12.4 Å². The first-order chi connectivity index (χ1) is 10.2. The second kappa shape index (κ2) is 8.35. The first-order valence-corrected chi connectivity index (χ1v) is 8.50. The molecule has 0 amide bonds. The maximum atomic E-state index is 4.22. The first kappa shape index (κ1) is 16.2. The Labute approximate surface area is 135 Å². The fourth-order valence-electron chi connectivity index (χ4n) is 2.51. The number of halogens is 1. The second-order valence-corrected chi connectivity index (χ2v) is 6.34. The van der Waals surface area contributed by atoms with Gasteiger partial charge in [0.25, 0.3) is 0 Å². The second-order valence-electron chi connectivity index (χ2n) is 5.42. The third-order valence-corrected chi connectivity index (χ3v) is 3.95. The van der Waals surface area contributed by atoms with Crippen LogP contribution in [0.5, 0.6) is 0 Å². The summed E-state index contributed by atoms with van der Waals surface area (Å²) in [4.78, 5) is 4.22. The predicted molar refractivity (Wildman–Crippen MR) is 91.4 cm³/mol. The van der Waals surface area contributed by atoms with Crippen molar-refractivity contribution in [1.29, 1.82) is 0 Å². The summed E-state index contributed by atoms with van der Waals surface area (Å²) >= 11 is 3.47. The minimum atomic E-state index is 0.469. The van der Waals surface area contributed by atoms with Gasteiger partial charge in [0.1, 0.15) is 0 Å². The molecule has 1 atom stereocenters. The van der Waals surface area contributed by atoms with E-state index in [-0.39, 0.29) is 0 Å². The molecule has 3 nitrogen and oxygen atoms in total. The van der Waals surface area contributed by atoms with Gasteiger partial charge in [-0.25, -0.2) is 0 Å². The summed E-state index contributed by atoms with van der Waals surface area (Å²) in [5, 5.41) is 3.64. The molecule has 21 heavy (non-hydrogen) atoms. The van der Waals surface area contributed by atoms with Crippen molar-refractivity contribution in [3.8, 4) is 0 Å². The van der Waals surface area contributed by atoms with E-state index < -0.39 is 0 Å². The summed E-state index contributed by atoms with van der Waals surface area (Å²) in [7, 11) is 0. The number of pyridine rings is 1. The molecular weight excluding hydrogens is 326 g/mol. The van der Waals surface area contributed by atoms with E-state index in [1.54, 1.807) is 0 Å². The molecule has 0 radical (unpaired) electrons. The third kappa shape index (κ3) is 4.97. The van der Waals surface area contributed by atoms with Crippen molar-refractivity contribution in [2.45, 2.75) is 45.7 Å². The molecule has 2 rings (SSSR count). The van der Waals surface area contributed by atoms with Gasteiger partial charge in [0, 0.05) is 41.8 Å². The number of hydrogen-bond donors (Lipinski definition) is 1. The van der Waals surface area contributed by atoms with Crippen LogP contribution in [-0.4, -0.2) is 16.1 Å². The van der Waals surface area contributed by atoms with Gasteiger partial charge in [-0.3, -0.25) is 4.98 Å². The van der Waals surface area contributed by atoms with E-state index >= 15 is 0 Å². The van der Waals surface area contributed by atoms with Crippen LogP contribution >= 0.6 is 15.9 Å². The van der Waals surface area contributed by atoms with Crippen molar-refractivity contribution in [2.75, 3.05) is 6.54 Å². The topological polar surface area (TPSA) is 29.9 Å². The Hall–Kier alpha value is -1.13. The normalized spacial score (nSPS) is 12.5. The summed E-state index contributed by atoms with van der Waals surface area (Å²) < 4.78 is 3.26. The van der Waals surface area contributed by atoms with Gasteiger partial charge in [-0.15, -0.1) is 0 Å². The number of hydrogen-bond acceptors (Lipinski definition) is 2. The van der Waals surface area contributed by atoms with Crippen molar-refractivity contribution in [2.24, 2.45) is 0 Å². The Morgan fingerprint density at radius 1 is 1.29 bits per heavy atom. The zero-order valence-corrected chi connectivity index (χ0v) is 14.4. The lowest BCUT2D eigenvalue weighted by molar-refractivity contribution is 0.493. The van der Waals surface area contributed by atoms with Crippen LogP contribution in [0, 0.1) is 0 Å².